The van der Waals surface area contributed by atoms with Gasteiger partial charge in [0.05, 0.1) is 0 Å². The summed E-state index contributed by atoms with van der Waals surface area (Å²) in [4.78, 5) is 32.8. The van der Waals surface area contributed by atoms with E-state index >= 15 is 0 Å². The van der Waals surface area contributed by atoms with E-state index in [9.17, 15) is 29.7 Å². The second-order valence-corrected chi connectivity index (χ2v) is 4.27. The first-order chi connectivity index (χ1) is 9.23. The number of aliphatic carboxylic acids is 1. The fourth-order valence-corrected chi connectivity index (χ4v) is 1.75. The summed E-state index contributed by atoms with van der Waals surface area (Å²) in [6.45, 7) is 0.435. The van der Waals surface area contributed by atoms with Gasteiger partial charge in [-0.15, -0.1) is 0 Å². The number of carbonyl (C=O) groups is 3. The van der Waals surface area contributed by atoms with Crippen molar-refractivity contribution in [2.24, 2.45) is 0 Å². The molecule has 20 heavy (non-hydrogen) atoms. The zero-order chi connectivity index (χ0) is 15.4. The number of carbonyl (C=O) groups excluding carboxylic acids is 2. The van der Waals surface area contributed by atoms with Crippen LogP contribution in [0, 0.1) is 0 Å². The highest BCUT2D eigenvalue weighted by molar-refractivity contribution is 5.85. The molecule has 10 nitrogen and oxygen atoms in total. The van der Waals surface area contributed by atoms with Gasteiger partial charge in [0, 0.05) is 6.92 Å². The van der Waals surface area contributed by atoms with E-state index < -0.39 is 55.0 Å². The zero-order valence-corrected chi connectivity index (χ0v) is 10.5. The van der Waals surface area contributed by atoms with Crippen LogP contribution in [0.25, 0.3) is 0 Å². The predicted octanol–water partition coefficient (Wildman–Crippen LogP) is -3.87. The molecule has 1 fully saturated rings. The van der Waals surface area contributed by atoms with Crippen molar-refractivity contribution in [3.8, 4) is 0 Å². The summed E-state index contributed by atoms with van der Waals surface area (Å²) < 4.78 is 4.80. The van der Waals surface area contributed by atoms with E-state index in [0.29, 0.717) is 0 Å². The van der Waals surface area contributed by atoms with Crippen LogP contribution < -0.4 is 10.6 Å². The van der Waals surface area contributed by atoms with Crippen molar-refractivity contribution in [2.45, 2.75) is 37.6 Å². The number of hydrogen-bond acceptors (Lipinski definition) is 7. The lowest BCUT2D eigenvalue weighted by atomic mass is 9.96. The second-order valence-electron chi connectivity index (χ2n) is 4.27. The smallest absolute Gasteiger partial charge is 0.322 e. The van der Waals surface area contributed by atoms with Gasteiger partial charge in [0.15, 0.2) is 12.4 Å². The highest BCUT2D eigenvalue weighted by atomic mass is 16.6. The van der Waals surface area contributed by atoms with Gasteiger partial charge in [-0.3, -0.25) is 14.4 Å². The third-order valence-corrected chi connectivity index (χ3v) is 2.66. The van der Waals surface area contributed by atoms with Crippen LogP contribution >= 0.6 is 0 Å². The van der Waals surface area contributed by atoms with Crippen LogP contribution in [0.3, 0.4) is 0 Å². The number of aliphatic hydroxyl groups is 3. The molecule has 0 spiro atoms. The molecular weight excluding hydrogens is 276 g/mol. The van der Waals surface area contributed by atoms with Gasteiger partial charge in [0.2, 0.25) is 5.91 Å². The van der Waals surface area contributed by atoms with Crippen LogP contribution in [-0.2, 0) is 19.1 Å². The average molecular weight is 292 g/mol. The molecule has 5 atom stereocenters. The lowest BCUT2D eigenvalue weighted by molar-refractivity contribution is -0.243. The Labute approximate surface area is 113 Å². The third kappa shape index (κ3) is 3.87. The van der Waals surface area contributed by atoms with Crippen LogP contribution in [0.1, 0.15) is 6.92 Å². The molecule has 114 valence electrons. The quantitative estimate of drug-likeness (QED) is 0.306. The summed E-state index contributed by atoms with van der Waals surface area (Å²) in [5, 5.41) is 41.6. The number of nitrogens with one attached hydrogen (secondary N) is 2. The maximum Gasteiger partial charge on any atom is 0.322 e. The molecule has 0 radical (unpaired) electrons. The predicted molar refractivity (Wildman–Crippen MR) is 61.1 cm³/mol. The second kappa shape index (κ2) is 6.61. The van der Waals surface area contributed by atoms with E-state index in [1.54, 1.807) is 0 Å². The molecule has 0 saturated carbocycles. The Morgan fingerprint density at radius 3 is 2.25 bits per heavy atom. The van der Waals surface area contributed by atoms with E-state index in [1.165, 1.54) is 0 Å². The van der Waals surface area contributed by atoms with E-state index in [2.05, 4.69) is 5.32 Å². The molecule has 1 aliphatic heterocycles. The Morgan fingerprint density at radius 1 is 1.15 bits per heavy atom. The van der Waals surface area contributed by atoms with Crippen molar-refractivity contribution in [2.75, 3.05) is 6.54 Å². The van der Waals surface area contributed by atoms with E-state index in [0.717, 1.165) is 6.92 Å². The molecule has 1 aliphatic rings. The lowest BCUT2D eigenvalue weighted by Crippen LogP contribution is -2.66. The van der Waals surface area contributed by atoms with Gasteiger partial charge >= 0.3 is 5.97 Å². The lowest BCUT2D eigenvalue weighted by Gasteiger charge is -2.39. The van der Waals surface area contributed by atoms with Crippen molar-refractivity contribution in [1.29, 1.82) is 0 Å². The van der Waals surface area contributed by atoms with Gasteiger partial charge in [-0.25, -0.2) is 0 Å². The van der Waals surface area contributed by atoms with Gasteiger partial charge in [0.1, 0.15) is 24.8 Å². The van der Waals surface area contributed by atoms with Crippen LogP contribution in [0.4, 0.5) is 0 Å². The van der Waals surface area contributed by atoms with Gasteiger partial charge in [-0.2, -0.15) is 0 Å². The number of carboxylic acid groups (broad SMARTS) is 1. The SMILES string of the molecule is CC(=O)N[C@H]1[C@@H](O)[C@H](O)[C@H](C(=O)NCC(=O)O)O[C@H]1O. The Balaban J connectivity index is 2.71. The largest absolute Gasteiger partial charge is 0.480 e. The Kier molecular flexibility index (Phi) is 5.39. The molecule has 0 bridgehead atoms. The van der Waals surface area contributed by atoms with Gasteiger partial charge in [0.25, 0.3) is 5.91 Å². The minimum atomic E-state index is -1.73. The molecule has 0 unspecified atom stereocenters. The molecule has 10 heteroatoms. The summed E-state index contributed by atoms with van der Waals surface area (Å²) in [5.41, 5.74) is 0. The topological polar surface area (TPSA) is 165 Å². The monoisotopic (exact) mass is 292 g/mol. The molecule has 1 heterocycles. The summed E-state index contributed by atoms with van der Waals surface area (Å²) in [6.07, 6.45) is -6.76. The summed E-state index contributed by atoms with van der Waals surface area (Å²) in [7, 11) is 0. The first-order valence-corrected chi connectivity index (χ1v) is 5.70. The van der Waals surface area contributed by atoms with Crippen molar-refractivity contribution in [1.82, 2.24) is 10.6 Å². The van der Waals surface area contributed by atoms with Crippen molar-refractivity contribution < 1.29 is 39.5 Å². The Hall–Kier alpha value is -1.75. The molecule has 0 aromatic heterocycles. The van der Waals surface area contributed by atoms with Crippen molar-refractivity contribution in [3.05, 3.63) is 0 Å². The fourth-order valence-electron chi connectivity index (χ4n) is 1.75. The average Bonchev–Trinajstić information content (AvgIpc) is 2.35. The number of aliphatic hydroxyl groups excluding tert-OH is 3. The summed E-state index contributed by atoms with van der Waals surface area (Å²) >= 11 is 0. The molecule has 0 aliphatic carbocycles. The number of amides is 2. The molecule has 2 amide bonds. The van der Waals surface area contributed by atoms with Crippen LogP contribution in [0.5, 0.6) is 0 Å². The Bertz CT molecular complexity index is 401. The number of ether oxygens (including phenoxy) is 1. The van der Waals surface area contributed by atoms with Gasteiger partial charge < -0.3 is 35.8 Å². The molecule has 0 aromatic rings. The highest BCUT2D eigenvalue weighted by Crippen LogP contribution is 2.20. The molecule has 1 rings (SSSR count). The number of hydrogen-bond donors (Lipinski definition) is 6. The molecule has 0 aromatic carbocycles. The maximum absolute atomic E-state index is 11.6. The van der Waals surface area contributed by atoms with Gasteiger partial charge in [-0.05, 0) is 0 Å². The standard InChI is InChI=1S/C10H16N2O8/c1-3(13)12-5-6(16)7(17)8(20-10(5)19)9(18)11-2-4(14)15/h5-8,10,16-17,19H,2H2,1H3,(H,11,18)(H,12,13)(H,14,15)/t5-,6+,7-,8+,10+/m0/s1. The van der Waals surface area contributed by atoms with Crippen molar-refractivity contribution in [3.63, 3.8) is 0 Å². The van der Waals surface area contributed by atoms with E-state index in [-0.39, 0.29) is 0 Å². The van der Waals surface area contributed by atoms with Crippen LogP contribution in [0.2, 0.25) is 0 Å². The first-order valence-electron chi connectivity index (χ1n) is 5.70. The zero-order valence-electron chi connectivity index (χ0n) is 10.5. The molecule has 1 saturated heterocycles. The van der Waals surface area contributed by atoms with Gasteiger partial charge in [-0.1, -0.05) is 0 Å². The van der Waals surface area contributed by atoms with E-state index in [4.69, 9.17) is 9.84 Å². The Morgan fingerprint density at radius 2 is 1.75 bits per heavy atom. The van der Waals surface area contributed by atoms with E-state index in [1.807, 2.05) is 5.32 Å². The minimum Gasteiger partial charge on any atom is -0.480 e. The third-order valence-electron chi connectivity index (χ3n) is 2.66. The van der Waals surface area contributed by atoms with Crippen LogP contribution in [-0.4, -0.2) is 75.4 Å². The number of rotatable bonds is 4. The molecular formula is C10H16N2O8. The summed E-state index contributed by atoms with van der Waals surface area (Å²) in [6, 6.07) is -1.30. The van der Waals surface area contributed by atoms with Crippen molar-refractivity contribution >= 4 is 17.8 Å². The van der Waals surface area contributed by atoms with Crippen LogP contribution in [0.15, 0.2) is 0 Å². The number of carboxylic acids is 1. The fraction of sp³-hybridized carbons (Fsp3) is 0.700. The maximum atomic E-state index is 11.6. The first kappa shape index (κ1) is 16.3. The summed E-state index contributed by atoms with van der Waals surface area (Å²) in [5.74, 6) is -2.88. The normalized spacial score (nSPS) is 33.3. The minimum absolute atomic E-state index is 0.572. The highest BCUT2D eigenvalue weighted by Gasteiger charge is 2.47. The molecule has 6 N–H and O–H groups in total.